The van der Waals surface area contributed by atoms with Gasteiger partial charge < -0.3 is 4.90 Å². The van der Waals surface area contributed by atoms with Crippen molar-refractivity contribution < 1.29 is 21.6 Å². The van der Waals surface area contributed by atoms with Crippen molar-refractivity contribution in [1.29, 1.82) is 0 Å². The molecule has 0 aliphatic carbocycles. The van der Waals surface area contributed by atoms with Crippen LogP contribution in [0.2, 0.25) is 0 Å². The van der Waals surface area contributed by atoms with E-state index in [2.05, 4.69) is 0 Å². The van der Waals surface area contributed by atoms with Gasteiger partial charge in [0.05, 0.1) is 4.90 Å². The van der Waals surface area contributed by atoms with Crippen LogP contribution >= 0.6 is 11.3 Å². The van der Waals surface area contributed by atoms with E-state index in [1.54, 1.807) is 17.0 Å². The Morgan fingerprint density at radius 1 is 0.926 bits per heavy atom. The highest BCUT2D eigenvalue weighted by Crippen LogP contribution is 2.25. The number of benzene rings is 1. The molecule has 0 unspecified atom stereocenters. The summed E-state index contributed by atoms with van der Waals surface area (Å²) < 4.78 is 50.0. The first-order chi connectivity index (χ1) is 12.6. The van der Waals surface area contributed by atoms with Crippen molar-refractivity contribution in [2.45, 2.75) is 16.0 Å². The third-order valence-electron chi connectivity index (χ3n) is 4.37. The van der Waals surface area contributed by atoms with Gasteiger partial charge in [-0.25, -0.2) is 16.8 Å². The molecule has 1 saturated heterocycles. The predicted molar refractivity (Wildman–Crippen MR) is 103 cm³/mol. The Labute approximate surface area is 163 Å². The number of hydrogen-bond acceptors (Lipinski definition) is 6. The Balaban J connectivity index is 1.67. The van der Waals surface area contributed by atoms with Gasteiger partial charge in [-0.3, -0.25) is 4.79 Å². The van der Waals surface area contributed by atoms with Crippen molar-refractivity contribution in [3.63, 3.8) is 0 Å². The number of thiophene rings is 1. The molecule has 146 valence electrons. The molecule has 7 nitrogen and oxygen atoms in total. The van der Waals surface area contributed by atoms with Gasteiger partial charge in [0.25, 0.3) is 15.9 Å². The van der Waals surface area contributed by atoms with Gasteiger partial charge in [0.1, 0.15) is 4.21 Å². The van der Waals surface area contributed by atoms with Gasteiger partial charge in [-0.2, -0.15) is 4.31 Å². The summed E-state index contributed by atoms with van der Waals surface area (Å²) in [4.78, 5) is 15.3. The van der Waals surface area contributed by atoms with E-state index < -0.39 is 19.9 Å². The monoisotopic (exact) mass is 428 g/mol. The van der Waals surface area contributed by atoms with Gasteiger partial charge in [-0.15, -0.1) is 11.3 Å². The van der Waals surface area contributed by atoms with Crippen LogP contribution in [0.25, 0.3) is 0 Å². The zero-order chi connectivity index (χ0) is 19.8. The molecule has 0 N–H and O–H groups in total. The van der Waals surface area contributed by atoms with Crippen LogP contribution in [-0.2, 0) is 19.9 Å². The summed E-state index contributed by atoms with van der Waals surface area (Å²) in [6.07, 6.45) is 1.11. The predicted octanol–water partition coefficient (Wildman–Crippen LogP) is 1.61. The van der Waals surface area contributed by atoms with Crippen molar-refractivity contribution in [1.82, 2.24) is 9.21 Å². The number of rotatable bonds is 4. The van der Waals surface area contributed by atoms with Crippen LogP contribution in [0.5, 0.6) is 0 Å². The lowest BCUT2D eigenvalue weighted by atomic mass is 10.2. The van der Waals surface area contributed by atoms with Crippen LogP contribution in [0.4, 0.5) is 0 Å². The molecule has 1 aromatic heterocycles. The molecule has 1 amide bonds. The molecule has 1 aliphatic rings. The molecule has 0 bridgehead atoms. The first-order valence-electron chi connectivity index (χ1n) is 8.25. The second-order valence-electron chi connectivity index (χ2n) is 6.36. The molecule has 1 fully saturated rings. The maximum Gasteiger partial charge on any atom is 0.253 e. The van der Waals surface area contributed by atoms with E-state index in [9.17, 15) is 21.6 Å². The fourth-order valence-corrected chi connectivity index (χ4v) is 6.33. The van der Waals surface area contributed by atoms with Gasteiger partial charge in [-0.05, 0) is 43.3 Å². The fraction of sp³-hybridized carbons (Fsp3) is 0.353. The summed E-state index contributed by atoms with van der Waals surface area (Å²) in [7, 11) is -6.85. The van der Waals surface area contributed by atoms with Crippen LogP contribution in [0, 0.1) is 6.92 Å². The lowest BCUT2D eigenvalue weighted by molar-refractivity contribution is 0.0698. The molecular formula is C17H20N2O5S3. The third kappa shape index (κ3) is 4.23. The van der Waals surface area contributed by atoms with E-state index in [0.717, 1.165) is 11.1 Å². The highest BCUT2D eigenvalue weighted by atomic mass is 32.2. The molecule has 27 heavy (non-hydrogen) atoms. The number of aryl methyl sites for hydroxylation is 1. The number of hydrogen-bond donors (Lipinski definition) is 0. The zero-order valence-corrected chi connectivity index (χ0v) is 17.4. The second-order valence-corrected chi connectivity index (χ2v) is 11.8. The number of piperazine rings is 1. The Morgan fingerprint density at radius 2 is 1.52 bits per heavy atom. The number of amides is 1. The van der Waals surface area contributed by atoms with Crippen molar-refractivity contribution in [3.05, 3.63) is 46.8 Å². The molecule has 0 saturated carbocycles. The average Bonchev–Trinajstić information content (AvgIpc) is 3.08. The van der Waals surface area contributed by atoms with E-state index in [1.165, 1.54) is 39.9 Å². The Morgan fingerprint density at radius 3 is 2.00 bits per heavy atom. The van der Waals surface area contributed by atoms with Crippen molar-refractivity contribution in [3.8, 4) is 0 Å². The smallest absolute Gasteiger partial charge is 0.253 e. The van der Waals surface area contributed by atoms with Crippen LogP contribution < -0.4 is 0 Å². The topological polar surface area (TPSA) is 91.8 Å². The van der Waals surface area contributed by atoms with Crippen LogP contribution in [0.15, 0.2) is 45.5 Å². The minimum atomic E-state index is -3.53. The number of nitrogens with zero attached hydrogens (tertiary/aromatic N) is 2. The number of carbonyl (C=O) groups excluding carboxylic acids is 1. The van der Waals surface area contributed by atoms with Crippen LogP contribution in [0.3, 0.4) is 0 Å². The highest BCUT2D eigenvalue weighted by Gasteiger charge is 2.31. The Kier molecular flexibility index (Phi) is 5.44. The quantitative estimate of drug-likeness (QED) is 0.738. The number of sulfonamides is 1. The molecule has 0 spiro atoms. The highest BCUT2D eigenvalue weighted by molar-refractivity contribution is 7.91. The first-order valence-corrected chi connectivity index (χ1v) is 12.4. The molecule has 0 radical (unpaired) electrons. The molecule has 2 heterocycles. The average molecular weight is 429 g/mol. The van der Waals surface area contributed by atoms with Gasteiger partial charge >= 0.3 is 0 Å². The van der Waals surface area contributed by atoms with Gasteiger partial charge in [0, 0.05) is 42.9 Å². The van der Waals surface area contributed by atoms with Crippen molar-refractivity contribution in [2.24, 2.45) is 0 Å². The maximum atomic E-state index is 12.7. The molecular weight excluding hydrogens is 408 g/mol. The van der Waals surface area contributed by atoms with Crippen LogP contribution in [0.1, 0.15) is 15.2 Å². The van der Waals surface area contributed by atoms with E-state index in [4.69, 9.17) is 0 Å². The summed E-state index contributed by atoms with van der Waals surface area (Å²) >= 11 is 1.24. The molecule has 1 aromatic carbocycles. The Bertz CT molecular complexity index is 1050. The molecule has 1 aliphatic heterocycles. The van der Waals surface area contributed by atoms with E-state index in [-0.39, 0.29) is 37.0 Å². The summed E-state index contributed by atoms with van der Waals surface area (Å²) in [6.45, 7) is 2.89. The summed E-state index contributed by atoms with van der Waals surface area (Å²) in [5.41, 5.74) is 0.382. The second kappa shape index (κ2) is 7.34. The summed E-state index contributed by atoms with van der Waals surface area (Å²) in [5.74, 6) is -0.237. The molecule has 2 aromatic rings. The minimum absolute atomic E-state index is 0.154. The van der Waals surface area contributed by atoms with E-state index >= 15 is 0 Å². The Hall–Kier alpha value is -1.75. The van der Waals surface area contributed by atoms with Gasteiger partial charge in [0.2, 0.25) is 0 Å². The fourth-order valence-electron chi connectivity index (χ4n) is 2.84. The SMILES string of the molecule is Cc1ccc(S(=O)(=O)N2CCN(C(=O)c3ccc(S(C)(=O)=O)cc3)CC2)s1. The van der Waals surface area contributed by atoms with E-state index in [0.29, 0.717) is 9.77 Å². The van der Waals surface area contributed by atoms with Crippen molar-refractivity contribution >= 4 is 37.1 Å². The normalized spacial score (nSPS) is 16.4. The number of carbonyl (C=O) groups is 1. The van der Waals surface area contributed by atoms with Crippen molar-refractivity contribution in [2.75, 3.05) is 32.4 Å². The first kappa shape index (κ1) is 20.0. The maximum absolute atomic E-state index is 12.7. The zero-order valence-electron chi connectivity index (χ0n) is 15.0. The summed E-state index contributed by atoms with van der Waals surface area (Å²) in [6, 6.07) is 9.16. The lowest BCUT2D eigenvalue weighted by Gasteiger charge is -2.33. The molecule has 0 atom stereocenters. The standard InChI is InChI=1S/C17H20N2O5S3/c1-13-3-8-16(25-13)27(23,24)19-11-9-18(10-12-19)17(20)14-4-6-15(7-5-14)26(2,21)22/h3-8H,9-12H2,1-2H3. The summed E-state index contributed by atoms with van der Waals surface area (Å²) in [5, 5.41) is 0. The lowest BCUT2D eigenvalue weighted by Crippen LogP contribution is -2.50. The van der Waals surface area contributed by atoms with Crippen LogP contribution in [-0.4, -0.2) is 64.4 Å². The largest absolute Gasteiger partial charge is 0.336 e. The van der Waals surface area contributed by atoms with E-state index in [1.807, 2.05) is 6.92 Å². The molecule has 3 rings (SSSR count). The molecule has 10 heteroatoms. The van der Waals surface area contributed by atoms with Gasteiger partial charge in [0.15, 0.2) is 9.84 Å². The minimum Gasteiger partial charge on any atom is -0.336 e. The third-order valence-corrected chi connectivity index (χ3v) is 8.86. The van der Waals surface area contributed by atoms with Gasteiger partial charge in [-0.1, -0.05) is 0 Å². The number of sulfone groups is 1.